The van der Waals surface area contributed by atoms with Gasteiger partial charge in [0.05, 0.1) is 13.2 Å². The minimum atomic E-state index is 0.641. The van der Waals surface area contributed by atoms with E-state index in [0.717, 1.165) is 26.3 Å². The number of hydrogen-bond donors (Lipinski definition) is 0. The zero-order valence-corrected chi connectivity index (χ0v) is 15.3. The van der Waals surface area contributed by atoms with Crippen molar-refractivity contribution in [3.05, 3.63) is 83.9 Å². The lowest BCUT2D eigenvalue weighted by Gasteiger charge is -2.33. The molecule has 1 atom stereocenters. The van der Waals surface area contributed by atoms with E-state index in [0.29, 0.717) is 5.92 Å². The van der Waals surface area contributed by atoms with Crippen LogP contribution in [0.25, 0.3) is 10.8 Å². The Labute approximate surface area is 156 Å². The van der Waals surface area contributed by atoms with Crippen LogP contribution in [0.2, 0.25) is 0 Å². The molecular weight excluding hydrogens is 318 g/mol. The molecule has 0 aliphatic carbocycles. The molecule has 1 aliphatic heterocycles. The SMILES string of the molecule is c1ccc(COCC2CCCN(Cc3cccc4ccccc34)C2)cc1. The molecular formula is C24H27NO. The molecule has 4 rings (SSSR count). The number of benzene rings is 3. The first kappa shape index (κ1) is 17.3. The van der Waals surface area contributed by atoms with Crippen molar-refractivity contribution in [3.8, 4) is 0 Å². The monoisotopic (exact) mass is 345 g/mol. The van der Waals surface area contributed by atoms with E-state index < -0.39 is 0 Å². The highest BCUT2D eigenvalue weighted by Crippen LogP contribution is 2.23. The maximum Gasteiger partial charge on any atom is 0.0717 e. The highest BCUT2D eigenvalue weighted by molar-refractivity contribution is 5.85. The first-order chi connectivity index (χ1) is 12.9. The number of piperidine rings is 1. The molecule has 3 aromatic rings. The lowest BCUT2D eigenvalue weighted by Crippen LogP contribution is -2.36. The molecule has 2 heteroatoms. The summed E-state index contributed by atoms with van der Waals surface area (Å²) in [5.41, 5.74) is 2.70. The van der Waals surface area contributed by atoms with Crippen LogP contribution >= 0.6 is 0 Å². The molecule has 0 N–H and O–H groups in total. The van der Waals surface area contributed by atoms with Crippen molar-refractivity contribution in [2.75, 3.05) is 19.7 Å². The molecule has 1 aliphatic rings. The van der Waals surface area contributed by atoms with Crippen LogP contribution in [0.1, 0.15) is 24.0 Å². The van der Waals surface area contributed by atoms with Gasteiger partial charge in [0, 0.05) is 13.1 Å². The van der Waals surface area contributed by atoms with E-state index in [9.17, 15) is 0 Å². The Morgan fingerprint density at radius 1 is 0.885 bits per heavy atom. The fourth-order valence-electron chi connectivity index (χ4n) is 4.02. The van der Waals surface area contributed by atoms with Crippen LogP contribution in [0.3, 0.4) is 0 Å². The number of nitrogens with zero attached hydrogens (tertiary/aromatic N) is 1. The number of likely N-dealkylation sites (tertiary alicyclic amines) is 1. The highest BCUT2D eigenvalue weighted by Gasteiger charge is 2.20. The van der Waals surface area contributed by atoms with Crippen LogP contribution < -0.4 is 0 Å². The van der Waals surface area contributed by atoms with Gasteiger partial charge in [-0.3, -0.25) is 4.90 Å². The summed E-state index contributed by atoms with van der Waals surface area (Å²) in [5, 5.41) is 2.72. The maximum atomic E-state index is 6.00. The molecule has 26 heavy (non-hydrogen) atoms. The minimum absolute atomic E-state index is 0.641. The highest BCUT2D eigenvalue weighted by atomic mass is 16.5. The summed E-state index contributed by atoms with van der Waals surface area (Å²) in [5.74, 6) is 0.641. The summed E-state index contributed by atoms with van der Waals surface area (Å²) in [6.07, 6.45) is 2.55. The molecule has 0 amide bonds. The molecule has 0 aromatic heterocycles. The van der Waals surface area contributed by atoms with E-state index >= 15 is 0 Å². The van der Waals surface area contributed by atoms with Gasteiger partial charge in [0.15, 0.2) is 0 Å². The summed E-state index contributed by atoms with van der Waals surface area (Å²) < 4.78 is 6.00. The molecule has 1 saturated heterocycles. The van der Waals surface area contributed by atoms with Crippen molar-refractivity contribution in [3.63, 3.8) is 0 Å². The molecule has 1 unspecified atom stereocenters. The maximum absolute atomic E-state index is 6.00. The van der Waals surface area contributed by atoms with Gasteiger partial charge in [-0.1, -0.05) is 72.8 Å². The van der Waals surface area contributed by atoms with Gasteiger partial charge >= 0.3 is 0 Å². The van der Waals surface area contributed by atoms with Crippen LogP contribution in [0.15, 0.2) is 72.8 Å². The quantitative estimate of drug-likeness (QED) is 0.603. The van der Waals surface area contributed by atoms with Crippen LogP contribution in [-0.2, 0) is 17.9 Å². The van der Waals surface area contributed by atoms with Gasteiger partial charge in [-0.05, 0) is 47.2 Å². The van der Waals surface area contributed by atoms with Crippen molar-refractivity contribution in [1.29, 1.82) is 0 Å². The Hall–Kier alpha value is -2.16. The zero-order chi connectivity index (χ0) is 17.6. The van der Waals surface area contributed by atoms with Gasteiger partial charge in [-0.15, -0.1) is 0 Å². The molecule has 0 radical (unpaired) electrons. The third kappa shape index (κ3) is 4.32. The van der Waals surface area contributed by atoms with E-state index in [1.54, 1.807) is 0 Å². The molecule has 2 nitrogen and oxygen atoms in total. The third-order valence-corrected chi connectivity index (χ3v) is 5.34. The van der Waals surface area contributed by atoms with E-state index in [1.165, 1.54) is 41.3 Å². The van der Waals surface area contributed by atoms with Crippen molar-refractivity contribution in [1.82, 2.24) is 4.90 Å². The van der Waals surface area contributed by atoms with Crippen LogP contribution in [-0.4, -0.2) is 24.6 Å². The second-order valence-corrected chi connectivity index (χ2v) is 7.38. The van der Waals surface area contributed by atoms with Crippen molar-refractivity contribution in [2.45, 2.75) is 26.0 Å². The fraction of sp³-hybridized carbons (Fsp3) is 0.333. The summed E-state index contributed by atoms with van der Waals surface area (Å²) in [6.45, 7) is 4.95. The smallest absolute Gasteiger partial charge is 0.0717 e. The summed E-state index contributed by atoms with van der Waals surface area (Å²) >= 11 is 0. The Morgan fingerprint density at radius 2 is 1.69 bits per heavy atom. The second-order valence-electron chi connectivity index (χ2n) is 7.38. The lowest BCUT2D eigenvalue weighted by atomic mass is 9.97. The van der Waals surface area contributed by atoms with E-state index in [2.05, 4.69) is 77.7 Å². The minimum Gasteiger partial charge on any atom is -0.376 e. The van der Waals surface area contributed by atoms with Crippen molar-refractivity contribution in [2.24, 2.45) is 5.92 Å². The zero-order valence-electron chi connectivity index (χ0n) is 15.3. The van der Waals surface area contributed by atoms with Gasteiger partial charge in [0.1, 0.15) is 0 Å². The van der Waals surface area contributed by atoms with Gasteiger partial charge < -0.3 is 4.74 Å². The molecule has 1 fully saturated rings. The molecule has 3 aromatic carbocycles. The summed E-state index contributed by atoms with van der Waals surface area (Å²) in [6, 6.07) is 25.8. The second kappa shape index (κ2) is 8.48. The summed E-state index contributed by atoms with van der Waals surface area (Å²) in [7, 11) is 0. The van der Waals surface area contributed by atoms with E-state index in [-0.39, 0.29) is 0 Å². The predicted octanol–water partition coefficient (Wildman–Crippen LogP) is 5.27. The Morgan fingerprint density at radius 3 is 2.62 bits per heavy atom. The third-order valence-electron chi connectivity index (χ3n) is 5.34. The number of hydrogen-bond acceptors (Lipinski definition) is 2. The van der Waals surface area contributed by atoms with Gasteiger partial charge in [0.2, 0.25) is 0 Å². The molecule has 0 saturated carbocycles. The number of fused-ring (bicyclic) bond motifs is 1. The van der Waals surface area contributed by atoms with Crippen molar-refractivity contribution < 1.29 is 4.74 Å². The Balaban J connectivity index is 1.33. The van der Waals surface area contributed by atoms with E-state index in [4.69, 9.17) is 4.74 Å². The summed E-state index contributed by atoms with van der Waals surface area (Å²) in [4.78, 5) is 2.60. The molecule has 0 bridgehead atoms. The van der Waals surface area contributed by atoms with E-state index in [1.807, 2.05) is 0 Å². The van der Waals surface area contributed by atoms with Gasteiger partial charge in [-0.2, -0.15) is 0 Å². The lowest BCUT2D eigenvalue weighted by molar-refractivity contribution is 0.0498. The van der Waals surface area contributed by atoms with Crippen LogP contribution in [0, 0.1) is 5.92 Å². The molecule has 0 spiro atoms. The van der Waals surface area contributed by atoms with Gasteiger partial charge in [0.25, 0.3) is 0 Å². The van der Waals surface area contributed by atoms with Crippen molar-refractivity contribution >= 4 is 10.8 Å². The number of rotatable bonds is 6. The molecule has 1 heterocycles. The normalized spacial score (nSPS) is 18.2. The largest absolute Gasteiger partial charge is 0.376 e. The topological polar surface area (TPSA) is 12.5 Å². The first-order valence-electron chi connectivity index (χ1n) is 9.69. The molecule has 134 valence electrons. The Bertz CT molecular complexity index is 824. The number of ether oxygens (including phenoxy) is 1. The average molecular weight is 345 g/mol. The standard InChI is InChI=1S/C24H27NO/c1-2-8-20(9-3-1)18-26-19-21-10-7-15-25(16-21)17-23-13-6-12-22-11-4-5-14-24(22)23/h1-6,8-9,11-14,21H,7,10,15-19H2. The van der Waals surface area contributed by atoms with Crippen LogP contribution in [0.5, 0.6) is 0 Å². The Kier molecular flexibility index (Phi) is 5.63. The first-order valence-corrected chi connectivity index (χ1v) is 9.69. The van der Waals surface area contributed by atoms with Gasteiger partial charge in [-0.25, -0.2) is 0 Å². The predicted molar refractivity (Wildman–Crippen MR) is 108 cm³/mol. The average Bonchev–Trinajstić information content (AvgIpc) is 2.70. The van der Waals surface area contributed by atoms with Crippen LogP contribution in [0.4, 0.5) is 0 Å². The fourth-order valence-corrected chi connectivity index (χ4v) is 4.02.